The van der Waals surface area contributed by atoms with Gasteiger partial charge in [-0.15, -0.1) is 0 Å². The highest BCUT2D eigenvalue weighted by atomic mass is 16.5. The van der Waals surface area contributed by atoms with Gasteiger partial charge in [-0.2, -0.15) is 0 Å². The maximum Gasteiger partial charge on any atom is 0.315 e. The molecule has 0 bridgehead atoms. The second kappa shape index (κ2) is 6.57. The summed E-state index contributed by atoms with van der Waals surface area (Å²) in [5.41, 5.74) is 2.79. The van der Waals surface area contributed by atoms with Crippen LogP contribution >= 0.6 is 0 Å². The van der Waals surface area contributed by atoms with Crippen molar-refractivity contribution in [1.29, 1.82) is 0 Å². The molecule has 2 aromatic carbocycles. The van der Waals surface area contributed by atoms with Crippen LogP contribution in [-0.2, 0) is 11.2 Å². The average molecular weight is 330 g/mol. The first-order chi connectivity index (χ1) is 12.3. The lowest BCUT2D eigenvalue weighted by molar-refractivity contribution is -0.133. The van der Waals surface area contributed by atoms with Gasteiger partial charge in [0.25, 0.3) is 0 Å². The summed E-state index contributed by atoms with van der Waals surface area (Å²) < 4.78 is 11.1. The summed E-state index contributed by atoms with van der Waals surface area (Å²) >= 11 is 0. The Bertz CT molecular complexity index is 1010. The molecule has 0 aliphatic heterocycles. The van der Waals surface area contributed by atoms with E-state index in [0.29, 0.717) is 28.4 Å². The minimum atomic E-state index is -0.324. The number of oxazole rings is 1. The summed E-state index contributed by atoms with van der Waals surface area (Å²) in [6, 6.07) is 20.1. The van der Waals surface area contributed by atoms with Crippen molar-refractivity contribution in [3.63, 3.8) is 0 Å². The molecule has 0 spiro atoms. The Kier molecular flexibility index (Phi) is 3.96. The summed E-state index contributed by atoms with van der Waals surface area (Å²) in [6.45, 7) is 0. The Morgan fingerprint density at radius 2 is 1.84 bits per heavy atom. The van der Waals surface area contributed by atoms with Gasteiger partial charge in [-0.1, -0.05) is 36.4 Å². The maximum atomic E-state index is 12.1. The molecule has 0 fully saturated rings. The van der Waals surface area contributed by atoms with Gasteiger partial charge in [-0.25, -0.2) is 4.98 Å². The third-order valence-corrected chi connectivity index (χ3v) is 3.67. The van der Waals surface area contributed by atoms with Crippen molar-refractivity contribution in [3.8, 4) is 17.3 Å². The number of esters is 1. The molecule has 5 nitrogen and oxygen atoms in total. The monoisotopic (exact) mass is 330 g/mol. The van der Waals surface area contributed by atoms with Gasteiger partial charge >= 0.3 is 5.97 Å². The Hall–Kier alpha value is -3.47. The molecule has 2 aromatic heterocycles. The number of hydrogen-bond acceptors (Lipinski definition) is 5. The zero-order valence-corrected chi connectivity index (χ0v) is 13.3. The van der Waals surface area contributed by atoms with Crippen molar-refractivity contribution < 1.29 is 13.9 Å². The van der Waals surface area contributed by atoms with Gasteiger partial charge in [0, 0.05) is 12.3 Å². The van der Waals surface area contributed by atoms with Crippen LogP contribution in [-0.4, -0.2) is 15.9 Å². The van der Waals surface area contributed by atoms with Crippen molar-refractivity contribution >= 4 is 17.1 Å². The SMILES string of the molecule is O=C(Cc1ccccc1)Oc1ccc2nc(-c3ccccn3)oc2c1. The molecule has 122 valence electrons. The second-order valence-corrected chi connectivity index (χ2v) is 5.50. The maximum absolute atomic E-state index is 12.1. The number of fused-ring (bicyclic) bond motifs is 1. The number of rotatable bonds is 4. The molecule has 25 heavy (non-hydrogen) atoms. The molecule has 0 atom stereocenters. The number of pyridine rings is 1. The predicted molar refractivity (Wildman–Crippen MR) is 93.0 cm³/mol. The van der Waals surface area contributed by atoms with Gasteiger partial charge in [-0.05, 0) is 29.8 Å². The van der Waals surface area contributed by atoms with Crippen LogP contribution in [0.1, 0.15) is 5.56 Å². The van der Waals surface area contributed by atoms with E-state index in [0.717, 1.165) is 5.56 Å². The molecule has 4 rings (SSSR count). The van der Waals surface area contributed by atoms with Crippen LogP contribution < -0.4 is 4.74 Å². The van der Waals surface area contributed by atoms with E-state index in [9.17, 15) is 4.79 Å². The largest absolute Gasteiger partial charge is 0.435 e. The molecule has 0 saturated carbocycles. The van der Waals surface area contributed by atoms with Crippen LogP contribution in [0.15, 0.2) is 77.3 Å². The fourth-order valence-electron chi connectivity index (χ4n) is 2.50. The van der Waals surface area contributed by atoms with Crippen molar-refractivity contribution in [3.05, 3.63) is 78.5 Å². The van der Waals surface area contributed by atoms with Crippen molar-refractivity contribution in [2.45, 2.75) is 6.42 Å². The van der Waals surface area contributed by atoms with Gasteiger partial charge in [-0.3, -0.25) is 9.78 Å². The van der Waals surface area contributed by atoms with E-state index in [2.05, 4.69) is 9.97 Å². The molecule has 0 saturated heterocycles. The Morgan fingerprint density at radius 1 is 1.00 bits per heavy atom. The standard InChI is InChI=1S/C20H14N2O3/c23-19(12-14-6-2-1-3-7-14)24-15-9-10-16-18(13-15)25-20(22-16)17-8-4-5-11-21-17/h1-11,13H,12H2. The highest BCUT2D eigenvalue weighted by Crippen LogP contribution is 2.26. The molecular weight excluding hydrogens is 316 g/mol. The summed E-state index contributed by atoms with van der Waals surface area (Å²) in [4.78, 5) is 20.7. The molecule has 0 radical (unpaired) electrons. The zero-order valence-electron chi connectivity index (χ0n) is 13.3. The van der Waals surface area contributed by atoms with Crippen molar-refractivity contribution in [2.75, 3.05) is 0 Å². The van der Waals surface area contributed by atoms with Crippen LogP contribution in [0.3, 0.4) is 0 Å². The van der Waals surface area contributed by atoms with E-state index >= 15 is 0 Å². The van der Waals surface area contributed by atoms with E-state index in [-0.39, 0.29) is 12.4 Å². The van der Waals surface area contributed by atoms with Crippen LogP contribution in [0.5, 0.6) is 5.75 Å². The number of aromatic nitrogens is 2. The third kappa shape index (κ3) is 3.40. The Balaban J connectivity index is 1.54. The lowest BCUT2D eigenvalue weighted by atomic mass is 10.2. The summed E-state index contributed by atoms with van der Waals surface area (Å²) in [6.07, 6.45) is 1.90. The van der Waals surface area contributed by atoms with Crippen LogP contribution in [0.2, 0.25) is 0 Å². The molecule has 0 unspecified atom stereocenters. The van der Waals surface area contributed by atoms with Gasteiger partial charge in [0.05, 0.1) is 6.42 Å². The zero-order chi connectivity index (χ0) is 17.1. The van der Waals surface area contributed by atoms with Gasteiger partial charge in [0.15, 0.2) is 5.58 Å². The quantitative estimate of drug-likeness (QED) is 0.417. The first-order valence-electron chi connectivity index (χ1n) is 7.84. The number of carbonyl (C=O) groups excluding carboxylic acids is 1. The fourth-order valence-corrected chi connectivity index (χ4v) is 2.50. The van der Waals surface area contributed by atoms with Crippen molar-refractivity contribution in [1.82, 2.24) is 9.97 Å². The minimum absolute atomic E-state index is 0.217. The van der Waals surface area contributed by atoms with Crippen LogP contribution in [0.4, 0.5) is 0 Å². The van der Waals surface area contributed by atoms with Gasteiger partial charge in [0.2, 0.25) is 5.89 Å². The smallest absolute Gasteiger partial charge is 0.315 e. The minimum Gasteiger partial charge on any atom is -0.435 e. The molecule has 4 aromatic rings. The van der Waals surface area contributed by atoms with Crippen LogP contribution in [0, 0.1) is 0 Å². The molecule has 2 heterocycles. The average Bonchev–Trinajstić information content (AvgIpc) is 3.06. The van der Waals surface area contributed by atoms with E-state index < -0.39 is 0 Å². The number of nitrogens with zero attached hydrogens (tertiary/aromatic N) is 2. The molecular formula is C20H14N2O3. The number of benzene rings is 2. The number of carbonyl (C=O) groups is 1. The summed E-state index contributed by atoms with van der Waals surface area (Å²) in [7, 11) is 0. The molecule has 0 amide bonds. The topological polar surface area (TPSA) is 65.2 Å². The number of ether oxygens (including phenoxy) is 1. The second-order valence-electron chi connectivity index (χ2n) is 5.50. The summed E-state index contributed by atoms with van der Waals surface area (Å²) in [5, 5.41) is 0. The third-order valence-electron chi connectivity index (χ3n) is 3.67. The fraction of sp³-hybridized carbons (Fsp3) is 0.0500. The van der Waals surface area contributed by atoms with Crippen LogP contribution in [0.25, 0.3) is 22.7 Å². The molecule has 5 heteroatoms. The first kappa shape index (κ1) is 15.1. The highest BCUT2D eigenvalue weighted by molar-refractivity contribution is 5.80. The molecule has 0 N–H and O–H groups in total. The molecule has 0 aliphatic rings. The van der Waals surface area contributed by atoms with Crippen molar-refractivity contribution in [2.24, 2.45) is 0 Å². The summed E-state index contributed by atoms with van der Waals surface area (Å²) in [5.74, 6) is 0.538. The highest BCUT2D eigenvalue weighted by Gasteiger charge is 2.12. The normalized spacial score (nSPS) is 10.7. The van der Waals surface area contributed by atoms with Gasteiger partial charge < -0.3 is 9.15 Å². The van der Waals surface area contributed by atoms with Gasteiger partial charge in [0.1, 0.15) is 17.0 Å². The lowest BCUT2D eigenvalue weighted by Crippen LogP contribution is -2.11. The Morgan fingerprint density at radius 3 is 2.64 bits per heavy atom. The van der Waals surface area contributed by atoms with E-state index in [1.807, 2.05) is 48.5 Å². The lowest BCUT2D eigenvalue weighted by Gasteiger charge is -2.04. The van der Waals surface area contributed by atoms with E-state index in [1.54, 1.807) is 24.4 Å². The molecule has 0 aliphatic carbocycles. The number of hydrogen-bond donors (Lipinski definition) is 0. The van der Waals surface area contributed by atoms with E-state index in [4.69, 9.17) is 9.15 Å². The van der Waals surface area contributed by atoms with E-state index in [1.165, 1.54) is 0 Å². The Labute approximate surface area is 143 Å². The predicted octanol–water partition coefficient (Wildman–Crippen LogP) is 4.04. The first-order valence-corrected chi connectivity index (χ1v) is 7.84.